The van der Waals surface area contributed by atoms with E-state index in [2.05, 4.69) is 5.32 Å². The zero-order chi connectivity index (χ0) is 28.7. The molecule has 3 rings (SSSR count). The van der Waals surface area contributed by atoms with Gasteiger partial charge >= 0.3 is 0 Å². The zero-order valence-electron chi connectivity index (χ0n) is 23.0. The zero-order valence-corrected chi connectivity index (χ0v) is 24.6. The molecule has 0 aliphatic rings. The van der Waals surface area contributed by atoms with E-state index >= 15 is 0 Å². The van der Waals surface area contributed by atoms with Crippen molar-refractivity contribution in [1.29, 1.82) is 0 Å². The van der Waals surface area contributed by atoms with Gasteiger partial charge in [-0.2, -0.15) is 0 Å². The number of hydrogen-bond acceptors (Lipinski definition) is 4. The smallest absolute Gasteiger partial charge is 0.264 e. The van der Waals surface area contributed by atoms with Gasteiger partial charge in [-0.05, 0) is 81.1 Å². The van der Waals surface area contributed by atoms with Crippen LogP contribution in [0.4, 0.5) is 5.69 Å². The summed E-state index contributed by atoms with van der Waals surface area (Å²) in [5, 5.41) is 3.45. The number of hydrogen-bond donors (Lipinski definition) is 1. The second-order valence-corrected chi connectivity index (χ2v) is 12.1. The summed E-state index contributed by atoms with van der Waals surface area (Å²) in [5.41, 5.74) is 2.83. The number of rotatable bonds is 11. The molecule has 0 spiro atoms. The average Bonchev–Trinajstić information content (AvgIpc) is 2.90. The quantitative estimate of drug-likeness (QED) is 0.331. The van der Waals surface area contributed by atoms with Crippen LogP contribution in [0.25, 0.3) is 0 Å². The molecule has 39 heavy (non-hydrogen) atoms. The average molecular weight is 570 g/mol. The van der Waals surface area contributed by atoms with Crippen LogP contribution in [-0.2, 0) is 26.2 Å². The Labute approximate surface area is 236 Å². The fourth-order valence-electron chi connectivity index (χ4n) is 4.33. The first-order valence-electron chi connectivity index (χ1n) is 12.9. The van der Waals surface area contributed by atoms with Crippen LogP contribution in [0.3, 0.4) is 0 Å². The number of amides is 2. The Morgan fingerprint density at radius 1 is 0.923 bits per heavy atom. The summed E-state index contributed by atoms with van der Waals surface area (Å²) in [6.45, 7) is 8.90. The third-order valence-corrected chi connectivity index (χ3v) is 8.56. The van der Waals surface area contributed by atoms with Gasteiger partial charge in [-0.25, -0.2) is 8.42 Å². The van der Waals surface area contributed by atoms with Gasteiger partial charge in [-0.3, -0.25) is 13.9 Å². The van der Waals surface area contributed by atoms with Gasteiger partial charge in [0.25, 0.3) is 10.0 Å². The maximum Gasteiger partial charge on any atom is 0.264 e. The molecule has 0 aliphatic heterocycles. The molecular formula is C30H36ClN3O4S. The number of nitrogens with one attached hydrogen (secondary N) is 1. The molecule has 9 heteroatoms. The van der Waals surface area contributed by atoms with Gasteiger partial charge in [0, 0.05) is 17.6 Å². The van der Waals surface area contributed by atoms with Crippen molar-refractivity contribution in [3.05, 3.63) is 94.5 Å². The van der Waals surface area contributed by atoms with Crippen molar-refractivity contribution in [2.45, 2.75) is 64.6 Å². The highest BCUT2D eigenvalue weighted by atomic mass is 35.5. The molecule has 2 amide bonds. The van der Waals surface area contributed by atoms with Crippen LogP contribution in [0.5, 0.6) is 0 Å². The number of anilines is 1. The molecule has 0 radical (unpaired) electrons. The van der Waals surface area contributed by atoms with E-state index in [1.54, 1.807) is 54.6 Å². The number of carbonyl (C=O) groups excluding carboxylic acids is 2. The Balaban J connectivity index is 2.09. The molecule has 3 aromatic rings. The van der Waals surface area contributed by atoms with E-state index in [4.69, 9.17) is 11.6 Å². The van der Waals surface area contributed by atoms with Crippen molar-refractivity contribution in [2.24, 2.45) is 0 Å². The second-order valence-electron chi connectivity index (χ2n) is 9.78. The number of halogens is 1. The van der Waals surface area contributed by atoms with E-state index in [9.17, 15) is 18.0 Å². The van der Waals surface area contributed by atoms with Crippen molar-refractivity contribution in [1.82, 2.24) is 10.2 Å². The molecule has 0 heterocycles. The van der Waals surface area contributed by atoms with E-state index in [0.717, 1.165) is 21.0 Å². The lowest BCUT2D eigenvalue weighted by Gasteiger charge is -2.34. The minimum absolute atomic E-state index is 0.0764. The third kappa shape index (κ3) is 7.40. The van der Waals surface area contributed by atoms with Crippen molar-refractivity contribution in [3.8, 4) is 0 Å². The largest absolute Gasteiger partial charge is 0.352 e. The first kappa shape index (κ1) is 30.2. The summed E-state index contributed by atoms with van der Waals surface area (Å²) in [6, 6.07) is 19.5. The summed E-state index contributed by atoms with van der Waals surface area (Å²) in [7, 11) is -4.10. The fourth-order valence-corrected chi connectivity index (χ4v) is 5.94. The van der Waals surface area contributed by atoms with Gasteiger partial charge in [0.15, 0.2) is 0 Å². The molecule has 0 aromatic heterocycles. The molecule has 1 atom stereocenters. The Kier molecular flexibility index (Phi) is 10.2. The Bertz CT molecular complexity index is 1390. The maximum absolute atomic E-state index is 14.1. The normalized spacial score (nSPS) is 12.2. The molecule has 0 bridgehead atoms. The van der Waals surface area contributed by atoms with E-state index in [0.29, 0.717) is 17.1 Å². The molecule has 3 aromatic carbocycles. The van der Waals surface area contributed by atoms with E-state index < -0.39 is 28.5 Å². The molecule has 0 saturated carbocycles. The predicted octanol–water partition coefficient (Wildman–Crippen LogP) is 5.48. The van der Waals surface area contributed by atoms with E-state index in [1.165, 1.54) is 17.0 Å². The van der Waals surface area contributed by atoms with Gasteiger partial charge in [-0.1, -0.05) is 61.0 Å². The van der Waals surface area contributed by atoms with Crippen LogP contribution < -0.4 is 9.62 Å². The third-order valence-electron chi connectivity index (χ3n) is 6.54. The minimum atomic E-state index is -4.10. The molecular weight excluding hydrogens is 534 g/mol. The van der Waals surface area contributed by atoms with Crippen molar-refractivity contribution in [2.75, 3.05) is 10.8 Å². The highest BCUT2D eigenvalue weighted by Crippen LogP contribution is 2.29. The van der Waals surface area contributed by atoms with Gasteiger partial charge in [0.2, 0.25) is 11.8 Å². The lowest BCUT2D eigenvalue weighted by atomic mass is 10.1. The SMILES string of the molecule is CC[C@@H](C(=O)NC(C)C)N(Cc1ccc(Cl)cc1)C(=O)CN(c1cccc(C)c1C)S(=O)(=O)c1ccccc1. The molecule has 0 aliphatic carbocycles. The summed E-state index contributed by atoms with van der Waals surface area (Å²) < 4.78 is 29.0. The predicted molar refractivity (Wildman–Crippen MR) is 156 cm³/mol. The second kappa shape index (κ2) is 13.1. The van der Waals surface area contributed by atoms with Gasteiger partial charge in [-0.15, -0.1) is 0 Å². The van der Waals surface area contributed by atoms with Crippen LogP contribution in [-0.4, -0.2) is 43.8 Å². The first-order valence-corrected chi connectivity index (χ1v) is 14.8. The summed E-state index contributed by atoms with van der Waals surface area (Å²) in [5.74, 6) is -0.782. The van der Waals surface area contributed by atoms with Crippen molar-refractivity contribution in [3.63, 3.8) is 0 Å². The Morgan fingerprint density at radius 3 is 2.15 bits per heavy atom. The van der Waals surface area contributed by atoms with Gasteiger partial charge < -0.3 is 10.2 Å². The number of carbonyl (C=O) groups is 2. The van der Waals surface area contributed by atoms with Crippen molar-refractivity contribution >= 4 is 39.1 Å². The van der Waals surface area contributed by atoms with E-state index in [1.807, 2.05) is 40.7 Å². The number of nitrogens with zero attached hydrogens (tertiary/aromatic N) is 2. The highest BCUT2D eigenvalue weighted by molar-refractivity contribution is 7.92. The summed E-state index contributed by atoms with van der Waals surface area (Å²) >= 11 is 6.06. The van der Waals surface area contributed by atoms with Crippen LogP contribution in [0.15, 0.2) is 77.7 Å². The Morgan fingerprint density at radius 2 is 1.56 bits per heavy atom. The summed E-state index contributed by atoms with van der Waals surface area (Å²) in [6.07, 6.45) is 0.354. The van der Waals surface area contributed by atoms with Crippen LogP contribution in [0.2, 0.25) is 5.02 Å². The van der Waals surface area contributed by atoms with Crippen LogP contribution >= 0.6 is 11.6 Å². The maximum atomic E-state index is 14.1. The van der Waals surface area contributed by atoms with E-state index in [-0.39, 0.29) is 23.4 Å². The highest BCUT2D eigenvalue weighted by Gasteiger charge is 2.34. The molecule has 208 valence electrons. The molecule has 0 saturated heterocycles. The van der Waals surface area contributed by atoms with Gasteiger partial charge in [0.1, 0.15) is 12.6 Å². The Hall–Kier alpha value is -3.36. The number of benzene rings is 3. The van der Waals surface area contributed by atoms with Crippen LogP contribution in [0, 0.1) is 13.8 Å². The lowest BCUT2D eigenvalue weighted by Crippen LogP contribution is -2.53. The molecule has 1 N–H and O–H groups in total. The number of aryl methyl sites for hydroxylation is 1. The topological polar surface area (TPSA) is 86.8 Å². The first-order chi connectivity index (χ1) is 18.4. The fraction of sp³-hybridized carbons (Fsp3) is 0.333. The minimum Gasteiger partial charge on any atom is -0.352 e. The number of sulfonamides is 1. The van der Waals surface area contributed by atoms with Crippen LogP contribution in [0.1, 0.15) is 43.9 Å². The standard InChI is InChI=1S/C30H36ClN3O4S/c1-6-27(30(36)32-21(2)3)33(19-24-15-17-25(31)18-16-24)29(35)20-34(28-14-10-11-22(4)23(28)5)39(37,38)26-12-8-7-9-13-26/h7-18,21,27H,6,19-20H2,1-5H3,(H,32,36)/t27-/m0/s1. The summed E-state index contributed by atoms with van der Waals surface area (Å²) in [4.78, 5) is 28.8. The molecule has 0 fully saturated rings. The van der Waals surface area contributed by atoms with Gasteiger partial charge in [0.05, 0.1) is 10.6 Å². The lowest BCUT2D eigenvalue weighted by molar-refractivity contribution is -0.140. The molecule has 0 unspecified atom stereocenters. The molecule has 7 nitrogen and oxygen atoms in total. The van der Waals surface area contributed by atoms with Crippen molar-refractivity contribution < 1.29 is 18.0 Å². The monoisotopic (exact) mass is 569 g/mol.